The minimum Gasteiger partial charge on any atom is -0.756 e. The summed E-state index contributed by atoms with van der Waals surface area (Å²) in [6, 6.07) is 0. The van der Waals surface area contributed by atoms with Crippen molar-refractivity contribution in [2.75, 3.05) is 54.1 Å². The SMILES string of the molecule is CCCCC/C=C\C/C=C\CCCCCCCCOCC(COP(=O)([O-])OCC[N+](C)(C)C)OC(=O)CCCCCCCCCCC/C=C\CCCCCCCCCC. The first-order chi connectivity index (χ1) is 28.6. The van der Waals surface area contributed by atoms with Gasteiger partial charge in [-0.3, -0.25) is 9.36 Å². The average Bonchev–Trinajstić information content (AvgIpc) is 3.19. The maximum atomic E-state index is 12.7. The summed E-state index contributed by atoms with van der Waals surface area (Å²) in [5, 5.41) is 0. The molecule has 0 N–H and O–H groups in total. The van der Waals surface area contributed by atoms with Crippen LogP contribution in [-0.4, -0.2) is 70.7 Å². The van der Waals surface area contributed by atoms with E-state index in [9.17, 15) is 14.3 Å². The van der Waals surface area contributed by atoms with Crippen molar-refractivity contribution >= 4 is 13.8 Å². The minimum absolute atomic E-state index is 0.0237. The molecule has 348 valence electrons. The summed E-state index contributed by atoms with van der Waals surface area (Å²) in [6.07, 6.45) is 51.6. The number of hydrogen-bond donors (Lipinski definition) is 0. The summed E-state index contributed by atoms with van der Waals surface area (Å²) < 4.78 is 34.7. The number of phosphoric ester groups is 1. The Balaban J connectivity index is 4.16. The summed E-state index contributed by atoms with van der Waals surface area (Å²) in [7, 11) is 1.35. The highest BCUT2D eigenvalue weighted by atomic mass is 31.2. The molecule has 59 heavy (non-hydrogen) atoms. The standard InChI is InChI=1S/C50H96NO7P/c1-6-8-10-12-14-16-18-20-22-24-25-26-27-28-29-31-33-35-37-39-41-43-50(52)58-49(48-57-59(53,54)56-46-44-51(3,4)5)47-55-45-42-40-38-36-34-32-30-23-21-19-17-15-13-11-9-7-2/h15,17,21,23-25,49H,6-14,16,18-20,22,26-48H2,1-5H3/b17-15-,23-21-,25-24-. The highest BCUT2D eigenvalue weighted by Crippen LogP contribution is 2.38. The molecule has 0 aliphatic rings. The molecule has 0 aromatic carbocycles. The Bertz CT molecular complexity index is 1040. The second-order valence-electron chi connectivity index (χ2n) is 17.8. The number of nitrogens with zero attached hydrogens (tertiary/aromatic N) is 1. The van der Waals surface area contributed by atoms with Gasteiger partial charge in [0.1, 0.15) is 19.3 Å². The van der Waals surface area contributed by atoms with E-state index in [2.05, 4.69) is 50.3 Å². The molecule has 0 fully saturated rings. The predicted molar refractivity (Wildman–Crippen MR) is 250 cm³/mol. The van der Waals surface area contributed by atoms with Gasteiger partial charge >= 0.3 is 5.97 Å². The van der Waals surface area contributed by atoms with Crippen molar-refractivity contribution in [3.63, 3.8) is 0 Å². The van der Waals surface area contributed by atoms with Crippen molar-refractivity contribution in [1.82, 2.24) is 0 Å². The fourth-order valence-electron chi connectivity index (χ4n) is 6.81. The van der Waals surface area contributed by atoms with Gasteiger partial charge in [-0.1, -0.05) is 179 Å². The molecule has 0 heterocycles. The van der Waals surface area contributed by atoms with Crippen LogP contribution >= 0.6 is 7.82 Å². The summed E-state index contributed by atoms with van der Waals surface area (Å²) in [4.78, 5) is 25.1. The Morgan fingerprint density at radius 2 is 0.932 bits per heavy atom. The lowest BCUT2D eigenvalue weighted by Gasteiger charge is -2.28. The molecule has 0 radical (unpaired) electrons. The lowest BCUT2D eigenvalue weighted by Crippen LogP contribution is -2.37. The molecule has 0 bridgehead atoms. The molecule has 9 heteroatoms. The Labute approximate surface area is 365 Å². The molecule has 0 saturated carbocycles. The van der Waals surface area contributed by atoms with Crippen LogP contribution in [0.3, 0.4) is 0 Å². The van der Waals surface area contributed by atoms with Crippen molar-refractivity contribution in [2.24, 2.45) is 0 Å². The molecule has 0 aliphatic carbocycles. The van der Waals surface area contributed by atoms with Gasteiger partial charge in [-0.05, 0) is 70.6 Å². The highest BCUT2D eigenvalue weighted by Gasteiger charge is 2.20. The molecular formula is C50H96NO7P. The van der Waals surface area contributed by atoms with Crippen molar-refractivity contribution < 1.29 is 37.3 Å². The summed E-state index contributed by atoms with van der Waals surface area (Å²) in [6.45, 7) is 5.38. The van der Waals surface area contributed by atoms with E-state index in [1.165, 1.54) is 148 Å². The van der Waals surface area contributed by atoms with E-state index >= 15 is 0 Å². The Hall–Kier alpha value is -1.28. The number of allylic oxidation sites excluding steroid dienone is 6. The van der Waals surface area contributed by atoms with Crippen LogP contribution in [-0.2, 0) is 27.9 Å². The van der Waals surface area contributed by atoms with Crippen LogP contribution in [0, 0.1) is 0 Å². The van der Waals surface area contributed by atoms with Gasteiger partial charge in [-0.15, -0.1) is 0 Å². The third-order valence-corrected chi connectivity index (χ3v) is 11.6. The third-order valence-electron chi connectivity index (χ3n) is 10.7. The lowest BCUT2D eigenvalue weighted by molar-refractivity contribution is -0.870. The first kappa shape index (κ1) is 57.7. The zero-order valence-electron chi connectivity index (χ0n) is 39.5. The fraction of sp³-hybridized carbons (Fsp3) is 0.860. The normalized spacial score (nSPS) is 13.9. The largest absolute Gasteiger partial charge is 0.756 e. The second-order valence-corrected chi connectivity index (χ2v) is 19.2. The number of phosphoric acid groups is 1. The number of ether oxygens (including phenoxy) is 2. The predicted octanol–water partition coefficient (Wildman–Crippen LogP) is 14.3. The molecule has 0 aromatic rings. The maximum absolute atomic E-state index is 12.7. The van der Waals surface area contributed by atoms with Crippen LogP contribution in [0.1, 0.15) is 219 Å². The van der Waals surface area contributed by atoms with E-state index in [-0.39, 0.29) is 25.8 Å². The van der Waals surface area contributed by atoms with Crippen LogP contribution in [0.5, 0.6) is 0 Å². The van der Waals surface area contributed by atoms with Crippen molar-refractivity contribution in [2.45, 2.75) is 225 Å². The number of carbonyl (C=O) groups excluding carboxylic acids is 1. The maximum Gasteiger partial charge on any atom is 0.306 e. The second kappa shape index (κ2) is 43.4. The van der Waals surface area contributed by atoms with Gasteiger partial charge in [0.25, 0.3) is 7.82 Å². The van der Waals surface area contributed by atoms with Gasteiger partial charge < -0.3 is 27.9 Å². The Morgan fingerprint density at radius 1 is 0.525 bits per heavy atom. The lowest BCUT2D eigenvalue weighted by atomic mass is 10.1. The zero-order valence-corrected chi connectivity index (χ0v) is 40.4. The minimum atomic E-state index is -4.53. The number of rotatable bonds is 46. The zero-order chi connectivity index (χ0) is 43.4. The molecular weight excluding hydrogens is 758 g/mol. The summed E-state index contributed by atoms with van der Waals surface area (Å²) >= 11 is 0. The number of carbonyl (C=O) groups is 1. The van der Waals surface area contributed by atoms with Gasteiger partial charge in [0.05, 0.1) is 34.4 Å². The van der Waals surface area contributed by atoms with E-state index in [1.54, 1.807) is 0 Å². The first-order valence-electron chi connectivity index (χ1n) is 24.7. The van der Waals surface area contributed by atoms with Gasteiger partial charge in [-0.2, -0.15) is 0 Å². The van der Waals surface area contributed by atoms with Crippen LogP contribution in [0.4, 0.5) is 0 Å². The average molecular weight is 854 g/mol. The third kappa shape index (κ3) is 47.6. The molecule has 0 aliphatic heterocycles. The summed E-state index contributed by atoms with van der Waals surface area (Å²) in [5.41, 5.74) is 0. The van der Waals surface area contributed by atoms with Crippen LogP contribution in [0.25, 0.3) is 0 Å². The van der Waals surface area contributed by atoms with E-state index < -0.39 is 13.9 Å². The molecule has 0 amide bonds. The topological polar surface area (TPSA) is 94.1 Å². The number of likely N-dealkylation sites (N-methyl/N-ethyl adjacent to an activating group) is 1. The van der Waals surface area contributed by atoms with Crippen LogP contribution in [0.15, 0.2) is 36.5 Å². The van der Waals surface area contributed by atoms with Gasteiger partial charge in [0, 0.05) is 13.0 Å². The Morgan fingerprint density at radius 3 is 1.42 bits per heavy atom. The van der Waals surface area contributed by atoms with Gasteiger partial charge in [0.15, 0.2) is 0 Å². The summed E-state index contributed by atoms with van der Waals surface area (Å²) in [5.74, 6) is -0.338. The van der Waals surface area contributed by atoms with Crippen LogP contribution in [0.2, 0.25) is 0 Å². The fourth-order valence-corrected chi connectivity index (χ4v) is 7.54. The van der Waals surface area contributed by atoms with E-state index in [1.807, 2.05) is 21.1 Å². The quantitative estimate of drug-likeness (QED) is 0.0198. The van der Waals surface area contributed by atoms with Crippen LogP contribution < -0.4 is 4.89 Å². The molecule has 2 atom stereocenters. The van der Waals surface area contributed by atoms with Crippen molar-refractivity contribution in [1.29, 1.82) is 0 Å². The monoisotopic (exact) mass is 854 g/mol. The molecule has 0 saturated heterocycles. The molecule has 0 rings (SSSR count). The molecule has 0 spiro atoms. The molecule has 8 nitrogen and oxygen atoms in total. The van der Waals surface area contributed by atoms with E-state index in [4.69, 9.17) is 18.5 Å². The van der Waals surface area contributed by atoms with Crippen molar-refractivity contribution in [3.8, 4) is 0 Å². The number of quaternary nitrogens is 1. The number of hydrogen-bond acceptors (Lipinski definition) is 7. The van der Waals surface area contributed by atoms with Gasteiger partial charge in [0.2, 0.25) is 0 Å². The van der Waals surface area contributed by atoms with E-state index in [0.717, 1.165) is 51.4 Å². The smallest absolute Gasteiger partial charge is 0.306 e. The van der Waals surface area contributed by atoms with E-state index in [0.29, 0.717) is 24.1 Å². The number of esters is 1. The highest BCUT2D eigenvalue weighted by molar-refractivity contribution is 7.45. The molecule has 0 aromatic heterocycles. The van der Waals surface area contributed by atoms with Gasteiger partial charge in [-0.25, -0.2) is 0 Å². The Kier molecular flexibility index (Phi) is 42.4. The number of unbranched alkanes of at least 4 members (excludes halogenated alkanes) is 26. The first-order valence-corrected chi connectivity index (χ1v) is 26.2. The van der Waals surface area contributed by atoms with Crippen molar-refractivity contribution in [3.05, 3.63) is 36.5 Å². The molecule has 2 unspecified atom stereocenters.